The molecule has 1 atom stereocenters. The molecule has 9 nitrogen and oxygen atoms in total. The van der Waals surface area contributed by atoms with Crippen LogP contribution in [0.25, 0.3) is 33.6 Å². The number of carbonyl (C=O) groups is 1. The Balaban J connectivity index is 1.66. The van der Waals surface area contributed by atoms with Crippen LogP contribution in [0.5, 0.6) is 17.2 Å². The molecule has 0 aliphatic carbocycles. The average molecular weight is 512 g/mol. The molecule has 2 heterocycles. The maximum Gasteiger partial charge on any atom is 0.368 e. The van der Waals surface area contributed by atoms with Crippen LogP contribution in [0.3, 0.4) is 0 Å². The Morgan fingerprint density at radius 2 is 1.42 bits per heavy atom. The molecule has 0 aliphatic heterocycles. The fourth-order valence-electron chi connectivity index (χ4n) is 4.02. The molecule has 1 N–H and O–H groups in total. The Kier molecular flexibility index (Phi) is 7.08. The van der Waals surface area contributed by atoms with Crippen molar-refractivity contribution in [2.24, 2.45) is 0 Å². The van der Waals surface area contributed by atoms with Gasteiger partial charge in [0, 0.05) is 11.1 Å². The summed E-state index contributed by atoms with van der Waals surface area (Å²) in [6.07, 6.45) is 0.184. The van der Waals surface area contributed by atoms with Gasteiger partial charge in [0.25, 0.3) is 6.23 Å². The third-order valence-electron chi connectivity index (χ3n) is 5.90. The van der Waals surface area contributed by atoms with Crippen molar-refractivity contribution in [2.75, 3.05) is 26.6 Å². The molecule has 0 saturated heterocycles. The summed E-state index contributed by atoms with van der Waals surface area (Å²) < 4.78 is 27.8. The van der Waals surface area contributed by atoms with Gasteiger partial charge in [-0.1, -0.05) is 30.3 Å². The molecule has 0 bridgehead atoms. The van der Waals surface area contributed by atoms with E-state index in [1.807, 2.05) is 66.7 Å². The van der Waals surface area contributed by atoms with E-state index >= 15 is 0 Å². The van der Waals surface area contributed by atoms with Crippen LogP contribution in [0.15, 0.2) is 89.6 Å². The smallest absolute Gasteiger partial charge is 0.368 e. The molecule has 5 aromatic rings. The predicted octanol–water partition coefficient (Wildman–Crippen LogP) is 5.56. The summed E-state index contributed by atoms with van der Waals surface area (Å²) in [6, 6.07) is 24.0. The summed E-state index contributed by atoms with van der Waals surface area (Å²) in [5.74, 6) is 2.22. The summed E-state index contributed by atoms with van der Waals surface area (Å²) in [5.41, 5.74) is 2.72. The van der Waals surface area contributed by atoms with Crippen molar-refractivity contribution >= 4 is 22.9 Å². The highest BCUT2D eigenvalue weighted by Crippen LogP contribution is 2.43. The van der Waals surface area contributed by atoms with Crippen molar-refractivity contribution in [1.82, 2.24) is 9.97 Å². The van der Waals surface area contributed by atoms with Gasteiger partial charge in [0.1, 0.15) is 35.2 Å². The van der Waals surface area contributed by atoms with Crippen molar-refractivity contribution in [1.29, 1.82) is 0 Å². The first-order valence-electron chi connectivity index (χ1n) is 11.7. The molecule has 0 saturated carbocycles. The molecule has 5 rings (SSSR count). The number of nitrogens with zero attached hydrogens (tertiary/aromatic N) is 2. The topological polar surface area (TPSA) is 105 Å². The van der Waals surface area contributed by atoms with Crippen LogP contribution >= 0.6 is 0 Å². The van der Waals surface area contributed by atoms with Gasteiger partial charge in [0.2, 0.25) is 5.71 Å². The summed E-state index contributed by atoms with van der Waals surface area (Å²) >= 11 is 0. The molecule has 3 aromatic carbocycles. The quantitative estimate of drug-likeness (QED) is 0.201. The number of benzene rings is 3. The van der Waals surface area contributed by atoms with Crippen LogP contribution in [0, 0.1) is 0 Å². The minimum absolute atomic E-state index is 0.336. The van der Waals surface area contributed by atoms with E-state index in [1.165, 1.54) is 13.4 Å². The number of rotatable bonds is 9. The number of ether oxygens (including phenoxy) is 4. The van der Waals surface area contributed by atoms with Crippen molar-refractivity contribution in [3.05, 3.63) is 85.2 Å². The normalized spacial score (nSPS) is 11.6. The van der Waals surface area contributed by atoms with Crippen molar-refractivity contribution < 1.29 is 28.2 Å². The molecule has 38 heavy (non-hydrogen) atoms. The Morgan fingerprint density at radius 1 is 0.789 bits per heavy atom. The number of fused-ring (bicyclic) bond motifs is 1. The van der Waals surface area contributed by atoms with Gasteiger partial charge in [-0.15, -0.1) is 0 Å². The lowest BCUT2D eigenvalue weighted by atomic mass is 9.99. The third-order valence-corrected chi connectivity index (χ3v) is 5.90. The van der Waals surface area contributed by atoms with Crippen LogP contribution in [0.1, 0.15) is 0 Å². The third kappa shape index (κ3) is 4.94. The van der Waals surface area contributed by atoms with Gasteiger partial charge in [0.05, 0.1) is 26.7 Å². The minimum Gasteiger partial charge on any atom is -0.497 e. The van der Waals surface area contributed by atoms with Gasteiger partial charge in [-0.25, -0.2) is 14.8 Å². The van der Waals surface area contributed by atoms with Gasteiger partial charge < -0.3 is 28.7 Å². The highest BCUT2D eigenvalue weighted by atomic mass is 16.6. The summed E-state index contributed by atoms with van der Waals surface area (Å²) in [4.78, 5) is 21.5. The first kappa shape index (κ1) is 24.6. The monoisotopic (exact) mass is 511 g/mol. The second kappa shape index (κ2) is 10.9. The Hall–Kier alpha value is -5.05. The largest absolute Gasteiger partial charge is 0.497 e. The molecule has 2 aromatic heterocycles. The number of furan rings is 1. The first-order valence-corrected chi connectivity index (χ1v) is 11.7. The highest BCUT2D eigenvalue weighted by molar-refractivity contribution is 6.06. The molecular formula is C29H25N3O6. The first-order chi connectivity index (χ1) is 18.6. The van der Waals surface area contributed by atoms with E-state index in [9.17, 15) is 4.79 Å². The number of nitrogens with one attached hydrogen (secondary N) is 1. The number of carbonyl (C=O) groups excluding carboxylic acids is 1. The van der Waals surface area contributed by atoms with E-state index < -0.39 is 12.2 Å². The molecule has 0 amide bonds. The summed E-state index contributed by atoms with van der Waals surface area (Å²) in [7, 11) is 4.52. The molecular weight excluding hydrogens is 486 g/mol. The highest BCUT2D eigenvalue weighted by Gasteiger charge is 2.27. The maximum absolute atomic E-state index is 12.7. The van der Waals surface area contributed by atoms with Crippen molar-refractivity contribution in [3.63, 3.8) is 0 Å². The lowest BCUT2D eigenvalue weighted by Gasteiger charge is -2.19. The van der Waals surface area contributed by atoms with E-state index in [-0.39, 0.29) is 0 Å². The van der Waals surface area contributed by atoms with Crippen LogP contribution in [-0.2, 0) is 9.53 Å². The average Bonchev–Trinajstić information content (AvgIpc) is 3.37. The van der Waals surface area contributed by atoms with Crippen LogP contribution in [0.4, 0.5) is 5.82 Å². The van der Waals surface area contributed by atoms with Gasteiger partial charge in [-0.05, 0) is 54.1 Å². The molecule has 1 unspecified atom stereocenters. The molecule has 192 valence electrons. The Bertz CT molecular complexity index is 1530. The number of anilines is 1. The van der Waals surface area contributed by atoms with E-state index in [0.717, 1.165) is 22.4 Å². The van der Waals surface area contributed by atoms with E-state index in [4.69, 9.17) is 23.4 Å². The Morgan fingerprint density at radius 3 is 2.03 bits per heavy atom. The van der Waals surface area contributed by atoms with Crippen molar-refractivity contribution in [3.8, 4) is 39.7 Å². The van der Waals surface area contributed by atoms with Crippen LogP contribution in [-0.4, -0.2) is 43.5 Å². The fraction of sp³-hybridized carbons (Fsp3) is 0.138. The minimum atomic E-state index is -1.18. The lowest BCUT2D eigenvalue weighted by Crippen LogP contribution is -2.36. The summed E-state index contributed by atoms with van der Waals surface area (Å²) in [5, 5.41) is 3.66. The molecule has 0 aliphatic rings. The van der Waals surface area contributed by atoms with Gasteiger partial charge >= 0.3 is 5.97 Å². The zero-order valence-corrected chi connectivity index (χ0v) is 21.0. The maximum atomic E-state index is 12.7. The fourth-order valence-corrected chi connectivity index (χ4v) is 4.02. The van der Waals surface area contributed by atoms with Gasteiger partial charge in [0.15, 0.2) is 0 Å². The second-order valence-electron chi connectivity index (χ2n) is 8.14. The number of methoxy groups -OCH3 is 3. The molecule has 9 heteroatoms. The van der Waals surface area contributed by atoms with Crippen LogP contribution in [0.2, 0.25) is 0 Å². The number of hydrogen-bond donors (Lipinski definition) is 1. The number of aromatic nitrogens is 2. The van der Waals surface area contributed by atoms with E-state index in [1.54, 1.807) is 26.4 Å². The number of para-hydroxylation sites is 1. The Labute approximate surface area is 219 Å². The molecule has 0 radical (unpaired) electrons. The standard InChI is InChI=1S/C29H25N3O6/c1-34-20-13-9-18(10-14-20)23-24-26(32-28(29(33)36-3)37-22-7-5-4-6-8-22)30-17-31-27(24)38-25(23)19-11-15-21(35-2)16-12-19/h4-17,28H,1-3H3,(H,30,31,32). The predicted molar refractivity (Wildman–Crippen MR) is 142 cm³/mol. The second-order valence-corrected chi connectivity index (χ2v) is 8.14. The van der Waals surface area contributed by atoms with Gasteiger partial charge in [-0.2, -0.15) is 0 Å². The number of esters is 1. The zero-order valence-electron chi connectivity index (χ0n) is 21.0. The SMILES string of the molecule is COC(=O)C(Nc1ncnc2oc(-c3ccc(OC)cc3)c(-c3ccc(OC)cc3)c12)Oc1ccccc1. The zero-order chi connectivity index (χ0) is 26.5. The summed E-state index contributed by atoms with van der Waals surface area (Å²) in [6.45, 7) is 0. The van der Waals surface area contributed by atoms with Crippen LogP contribution < -0.4 is 19.5 Å². The molecule has 0 fully saturated rings. The van der Waals surface area contributed by atoms with E-state index in [2.05, 4.69) is 15.3 Å². The molecule has 0 spiro atoms. The number of hydrogen-bond acceptors (Lipinski definition) is 9. The van der Waals surface area contributed by atoms with E-state index in [0.29, 0.717) is 34.2 Å². The van der Waals surface area contributed by atoms with Gasteiger partial charge in [-0.3, -0.25) is 0 Å². The van der Waals surface area contributed by atoms with Crippen molar-refractivity contribution in [2.45, 2.75) is 6.23 Å². The lowest BCUT2D eigenvalue weighted by molar-refractivity contribution is -0.147.